The van der Waals surface area contributed by atoms with Crippen LogP contribution in [-0.4, -0.2) is 82.6 Å². The van der Waals surface area contributed by atoms with Crippen molar-refractivity contribution in [1.82, 2.24) is 20.0 Å². The van der Waals surface area contributed by atoms with Gasteiger partial charge in [0.15, 0.2) is 0 Å². The van der Waals surface area contributed by atoms with Gasteiger partial charge in [-0.05, 0) is 50.4 Å². The molecule has 9 nitrogen and oxygen atoms in total. The molecule has 4 amide bonds. The smallest absolute Gasteiger partial charge is 0.262 e. The molecule has 170 valence electrons. The molecule has 4 aliphatic rings. The van der Waals surface area contributed by atoms with Gasteiger partial charge in [0.25, 0.3) is 11.8 Å². The van der Waals surface area contributed by atoms with Crippen molar-refractivity contribution in [1.29, 1.82) is 0 Å². The van der Waals surface area contributed by atoms with E-state index in [9.17, 15) is 19.2 Å². The third kappa shape index (κ3) is 3.74. The first-order chi connectivity index (χ1) is 15.4. The van der Waals surface area contributed by atoms with Gasteiger partial charge in [0.1, 0.15) is 6.04 Å². The number of imide groups is 2. The van der Waals surface area contributed by atoms with Gasteiger partial charge in [0.05, 0.1) is 11.1 Å². The highest BCUT2D eigenvalue weighted by molar-refractivity contribution is 6.24. The van der Waals surface area contributed by atoms with Gasteiger partial charge in [0, 0.05) is 38.1 Å². The second-order valence-corrected chi connectivity index (χ2v) is 9.34. The average Bonchev–Trinajstić information content (AvgIpc) is 3.31. The van der Waals surface area contributed by atoms with Crippen LogP contribution in [0.5, 0.6) is 0 Å². The van der Waals surface area contributed by atoms with E-state index in [1.165, 1.54) is 0 Å². The minimum Gasteiger partial charge on any atom is -0.326 e. The summed E-state index contributed by atoms with van der Waals surface area (Å²) in [4.78, 5) is 55.9. The fraction of sp³-hybridized carbons (Fsp3) is 0.565. The predicted octanol–water partition coefficient (Wildman–Crippen LogP) is 0.0852. The molecule has 1 unspecified atom stereocenters. The predicted molar refractivity (Wildman–Crippen MR) is 116 cm³/mol. The van der Waals surface area contributed by atoms with Gasteiger partial charge in [-0.3, -0.25) is 39.2 Å². The summed E-state index contributed by atoms with van der Waals surface area (Å²) in [6.07, 6.45) is 3.48. The molecule has 0 aliphatic carbocycles. The Hall–Kier alpha value is -2.62. The highest BCUT2D eigenvalue weighted by Gasteiger charge is 2.45. The van der Waals surface area contributed by atoms with E-state index in [0.29, 0.717) is 23.7 Å². The number of nitrogens with one attached hydrogen (secondary N) is 1. The number of piperidine rings is 2. The summed E-state index contributed by atoms with van der Waals surface area (Å²) in [6.45, 7) is 4.50. The number of hydrogen-bond donors (Lipinski definition) is 2. The Balaban J connectivity index is 1.29. The van der Waals surface area contributed by atoms with E-state index in [-0.39, 0.29) is 24.8 Å². The van der Waals surface area contributed by atoms with E-state index in [1.54, 1.807) is 12.1 Å². The summed E-state index contributed by atoms with van der Waals surface area (Å²) in [6, 6.07) is 5.25. The Morgan fingerprint density at radius 2 is 1.75 bits per heavy atom. The van der Waals surface area contributed by atoms with Crippen molar-refractivity contribution in [3.05, 3.63) is 34.9 Å². The van der Waals surface area contributed by atoms with Crippen molar-refractivity contribution >= 4 is 23.6 Å². The summed E-state index contributed by atoms with van der Waals surface area (Å²) in [7, 11) is 0. The Morgan fingerprint density at radius 1 is 0.969 bits per heavy atom. The lowest BCUT2D eigenvalue weighted by Gasteiger charge is -2.37. The SMILES string of the molecule is N[C@@H]1CCN(C2CCN(Cc3cccc4c3C(=O)N(C3CCC(=O)NC3=O)C4=O)CC2)C1. The normalized spacial score (nSPS) is 27.8. The number of amides is 4. The molecule has 0 bridgehead atoms. The molecular formula is C23H29N5O4. The first-order valence-electron chi connectivity index (χ1n) is 11.5. The van der Waals surface area contributed by atoms with E-state index in [4.69, 9.17) is 5.73 Å². The van der Waals surface area contributed by atoms with Crippen LogP contribution in [0, 0.1) is 0 Å². The minimum atomic E-state index is -0.935. The summed E-state index contributed by atoms with van der Waals surface area (Å²) >= 11 is 0. The van der Waals surface area contributed by atoms with E-state index >= 15 is 0 Å². The number of fused-ring (bicyclic) bond motifs is 1. The molecule has 1 aromatic rings. The van der Waals surface area contributed by atoms with Crippen LogP contribution in [-0.2, 0) is 16.1 Å². The van der Waals surface area contributed by atoms with Crippen molar-refractivity contribution in [3.63, 3.8) is 0 Å². The summed E-state index contributed by atoms with van der Waals surface area (Å²) in [5.41, 5.74) is 7.62. The lowest BCUT2D eigenvalue weighted by Crippen LogP contribution is -2.54. The third-order valence-corrected chi connectivity index (χ3v) is 7.28. The topological polar surface area (TPSA) is 116 Å². The highest BCUT2D eigenvalue weighted by Crippen LogP contribution is 2.31. The van der Waals surface area contributed by atoms with Crippen molar-refractivity contribution in [3.8, 4) is 0 Å². The number of carbonyl (C=O) groups excluding carboxylic acids is 4. The number of hydrogen-bond acceptors (Lipinski definition) is 7. The second kappa shape index (κ2) is 8.38. The number of benzene rings is 1. The summed E-state index contributed by atoms with van der Waals surface area (Å²) in [5, 5.41) is 2.24. The molecule has 3 N–H and O–H groups in total. The van der Waals surface area contributed by atoms with Gasteiger partial charge in [0.2, 0.25) is 11.8 Å². The van der Waals surface area contributed by atoms with Gasteiger partial charge in [-0.2, -0.15) is 0 Å². The molecule has 1 aromatic carbocycles. The molecular weight excluding hydrogens is 410 g/mol. The summed E-state index contributed by atoms with van der Waals surface area (Å²) in [5.74, 6) is -1.84. The Kier molecular flexibility index (Phi) is 5.56. The molecule has 4 aliphatic heterocycles. The first-order valence-corrected chi connectivity index (χ1v) is 11.5. The van der Waals surface area contributed by atoms with Crippen LogP contribution in [0.3, 0.4) is 0 Å². The maximum Gasteiger partial charge on any atom is 0.262 e. The lowest BCUT2D eigenvalue weighted by molar-refractivity contribution is -0.136. The molecule has 9 heteroatoms. The Labute approximate surface area is 186 Å². The Bertz CT molecular complexity index is 971. The fourth-order valence-corrected chi connectivity index (χ4v) is 5.55. The largest absolute Gasteiger partial charge is 0.326 e. The zero-order valence-corrected chi connectivity index (χ0v) is 18.1. The minimum absolute atomic E-state index is 0.119. The fourth-order valence-electron chi connectivity index (χ4n) is 5.55. The van der Waals surface area contributed by atoms with E-state index in [2.05, 4.69) is 15.1 Å². The first kappa shape index (κ1) is 21.2. The molecule has 4 heterocycles. The number of carbonyl (C=O) groups is 4. The van der Waals surface area contributed by atoms with Crippen LogP contribution in [0.1, 0.15) is 58.4 Å². The van der Waals surface area contributed by atoms with Gasteiger partial charge in [-0.15, -0.1) is 0 Å². The molecule has 2 atom stereocenters. The van der Waals surface area contributed by atoms with Crippen LogP contribution in [0.4, 0.5) is 0 Å². The average molecular weight is 440 g/mol. The van der Waals surface area contributed by atoms with E-state index < -0.39 is 23.8 Å². The van der Waals surface area contributed by atoms with Crippen molar-refractivity contribution in [2.45, 2.75) is 56.8 Å². The third-order valence-electron chi connectivity index (χ3n) is 7.28. The number of rotatable bonds is 4. The van der Waals surface area contributed by atoms with Crippen LogP contribution < -0.4 is 11.1 Å². The second-order valence-electron chi connectivity index (χ2n) is 9.34. The highest BCUT2D eigenvalue weighted by atomic mass is 16.2. The van der Waals surface area contributed by atoms with Crippen LogP contribution in [0.25, 0.3) is 0 Å². The molecule has 0 radical (unpaired) electrons. The maximum absolute atomic E-state index is 13.3. The van der Waals surface area contributed by atoms with Gasteiger partial charge in [-0.1, -0.05) is 12.1 Å². The molecule has 3 saturated heterocycles. The molecule has 5 rings (SSSR count). The lowest BCUT2D eigenvalue weighted by atomic mass is 9.99. The molecule has 3 fully saturated rings. The Morgan fingerprint density at radius 3 is 2.44 bits per heavy atom. The van der Waals surface area contributed by atoms with Crippen LogP contribution >= 0.6 is 0 Å². The number of nitrogens with zero attached hydrogens (tertiary/aromatic N) is 3. The van der Waals surface area contributed by atoms with Gasteiger partial charge in [-0.25, -0.2) is 0 Å². The zero-order chi connectivity index (χ0) is 22.4. The van der Waals surface area contributed by atoms with Crippen molar-refractivity contribution in [2.75, 3.05) is 26.2 Å². The van der Waals surface area contributed by atoms with Crippen molar-refractivity contribution < 1.29 is 19.2 Å². The van der Waals surface area contributed by atoms with E-state index in [0.717, 1.165) is 55.9 Å². The zero-order valence-electron chi connectivity index (χ0n) is 18.1. The quantitative estimate of drug-likeness (QED) is 0.639. The van der Waals surface area contributed by atoms with Crippen molar-refractivity contribution in [2.24, 2.45) is 5.73 Å². The molecule has 0 saturated carbocycles. The van der Waals surface area contributed by atoms with Crippen LogP contribution in [0.15, 0.2) is 18.2 Å². The molecule has 0 spiro atoms. The van der Waals surface area contributed by atoms with Gasteiger partial charge >= 0.3 is 0 Å². The summed E-state index contributed by atoms with van der Waals surface area (Å²) < 4.78 is 0. The number of likely N-dealkylation sites (tertiary alicyclic amines) is 2. The molecule has 32 heavy (non-hydrogen) atoms. The molecule has 0 aromatic heterocycles. The number of nitrogens with two attached hydrogens (primary N) is 1. The van der Waals surface area contributed by atoms with Crippen LogP contribution in [0.2, 0.25) is 0 Å². The monoisotopic (exact) mass is 439 g/mol. The van der Waals surface area contributed by atoms with Gasteiger partial charge < -0.3 is 5.73 Å². The standard InChI is InChI=1S/C23H29N5O4/c24-15-6-11-27(13-15)16-7-9-26(10-8-16)12-14-2-1-3-17-20(14)23(32)28(22(17)31)18-4-5-19(29)25-21(18)30/h1-3,15-16,18H,4-13,24H2,(H,25,29,30)/t15-,18?/m1/s1. The maximum atomic E-state index is 13.3. The van der Waals surface area contributed by atoms with E-state index in [1.807, 2.05) is 6.07 Å².